The van der Waals surface area contributed by atoms with Crippen LogP contribution in [0.5, 0.6) is 0 Å². The van der Waals surface area contributed by atoms with E-state index < -0.39 is 0 Å². The van der Waals surface area contributed by atoms with Crippen molar-refractivity contribution in [3.63, 3.8) is 0 Å². The summed E-state index contributed by atoms with van der Waals surface area (Å²) < 4.78 is 0. The SMILES string of the molecule is CCC(CCO)CNC(=O)NC(C)C(C)C. The summed E-state index contributed by atoms with van der Waals surface area (Å²) in [5, 5.41) is 14.6. The largest absolute Gasteiger partial charge is 0.396 e. The van der Waals surface area contributed by atoms with Gasteiger partial charge in [-0.15, -0.1) is 0 Å². The van der Waals surface area contributed by atoms with Gasteiger partial charge in [-0.1, -0.05) is 27.2 Å². The van der Waals surface area contributed by atoms with E-state index in [1.807, 2.05) is 6.92 Å². The Kier molecular flexibility index (Phi) is 7.99. The molecule has 0 bridgehead atoms. The van der Waals surface area contributed by atoms with Crippen LogP contribution in [-0.4, -0.2) is 30.3 Å². The van der Waals surface area contributed by atoms with Crippen LogP contribution in [0.25, 0.3) is 0 Å². The van der Waals surface area contributed by atoms with Crippen LogP contribution in [0.1, 0.15) is 40.5 Å². The average Bonchev–Trinajstić information content (AvgIpc) is 2.23. The van der Waals surface area contributed by atoms with Crippen LogP contribution in [0, 0.1) is 11.8 Å². The zero-order chi connectivity index (χ0) is 12.6. The van der Waals surface area contributed by atoms with E-state index in [-0.39, 0.29) is 18.7 Å². The van der Waals surface area contributed by atoms with Gasteiger partial charge in [-0.2, -0.15) is 0 Å². The summed E-state index contributed by atoms with van der Waals surface area (Å²) >= 11 is 0. The molecule has 0 fully saturated rings. The molecule has 3 N–H and O–H groups in total. The van der Waals surface area contributed by atoms with Gasteiger partial charge in [0.05, 0.1) is 0 Å². The Hall–Kier alpha value is -0.770. The molecular formula is C12H26N2O2. The van der Waals surface area contributed by atoms with Gasteiger partial charge in [-0.05, 0) is 25.2 Å². The molecule has 2 amide bonds. The van der Waals surface area contributed by atoms with Crippen LogP contribution in [0.3, 0.4) is 0 Å². The number of rotatable bonds is 7. The van der Waals surface area contributed by atoms with E-state index in [9.17, 15) is 4.79 Å². The lowest BCUT2D eigenvalue weighted by Crippen LogP contribution is -2.44. The van der Waals surface area contributed by atoms with Crippen LogP contribution in [0.2, 0.25) is 0 Å². The molecule has 0 heterocycles. The van der Waals surface area contributed by atoms with Crippen molar-refractivity contribution in [1.29, 1.82) is 0 Å². The summed E-state index contributed by atoms with van der Waals surface area (Å²) in [6.45, 7) is 9.03. The first-order valence-electron chi connectivity index (χ1n) is 6.16. The molecule has 4 heteroatoms. The van der Waals surface area contributed by atoms with Crippen molar-refractivity contribution in [2.75, 3.05) is 13.2 Å². The Morgan fingerprint density at radius 2 is 1.94 bits per heavy atom. The van der Waals surface area contributed by atoms with Gasteiger partial charge in [0.25, 0.3) is 0 Å². The number of hydrogen-bond acceptors (Lipinski definition) is 2. The number of urea groups is 1. The molecule has 0 aromatic heterocycles. The number of carbonyl (C=O) groups excluding carboxylic acids is 1. The first-order chi connectivity index (χ1) is 7.51. The Balaban J connectivity index is 3.79. The molecule has 0 spiro atoms. The van der Waals surface area contributed by atoms with Crippen LogP contribution in [0.15, 0.2) is 0 Å². The molecule has 0 aromatic carbocycles. The smallest absolute Gasteiger partial charge is 0.315 e. The fourth-order valence-corrected chi connectivity index (χ4v) is 1.29. The molecule has 0 aliphatic heterocycles. The fraction of sp³-hybridized carbons (Fsp3) is 0.917. The van der Waals surface area contributed by atoms with Gasteiger partial charge in [0.15, 0.2) is 0 Å². The molecule has 0 aromatic rings. The molecule has 2 unspecified atom stereocenters. The summed E-state index contributed by atoms with van der Waals surface area (Å²) in [7, 11) is 0. The summed E-state index contributed by atoms with van der Waals surface area (Å²) in [5.41, 5.74) is 0. The van der Waals surface area contributed by atoms with Gasteiger partial charge in [-0.25, -0.2) is 4.79 Å². The standard InChI is InChI=1S/C12H26N2O2/c1-5-11(6-7-15)8-13-12(16)14-10(4)9(2)3/h9-11,15H,5-8H2,1-4H3,(H2,13,14,16). The minimum Gasteiger partial charge on any atom is -0.396 e. The molecule has 0 saturated carbocycles. The van der Waals surface area contributed by atoms with Crippen molar-refractivity contribution in [3.05, 3.63) is 0 Å². The third-order valence-corrected chi connectivity index (χ3v) is 3.02. The summed E-state index contributed by atoms with van der Waals surface area (Å²) in [6.07, 6.45) is 1.72. The highest BCUT2D eigenvalue weighted by Gasteiger charge is 2.12. The summed E-state index contributed by atoms with van der Waals surface area (Å²) in [5.74, 6) is 0.801. The second-order valence-corrected chi connectivity index (χ2v) is 4.67. The van der Waals surface area contributed by atoms with Crippen molar-refractivity contribution in [1.82, 2.24) is 10.6 Å². The van der Waals surface area contributed by atoms with Crippen LogP contribution in [-0.2, 0) is 0 Å². The first-order valence-corrected chi connectivity index (χ1v) is 6.16. The number of carbonyl (C=O) groups is 1. The van der Waals surface area contributed by atoms with Crippen LogP contribution < -0.4 is 10.6 Å². The zero-order valence-electron chi connectivity index (χ0n) is 10.9. The topological polar surface area (TPSA) is 61.4 Å². The minimum absolute atomic E-state index is 0.113. The van der Waals surface area contributed by atoms with E-state index >= 15 is 0 Å². The number of aliphatic hydroxyl groups excluding tert-OH is 1. The van der Waals surface area contributed by atoms with Crippen molar-refractivity contribution in [2.24, 2.45) is 11.8 Å². The zero-order valence-corrected chi connectivity index (χ0v) is 10.9. The Morgan fingerprint density at radius 1 is 1.31 bits per heavy atom. The highest BCUT2D eigenvalue weighted by Crippen LogP contribution is 2.05. The quantitative estimate of drug-likeness (QED) is 0.624. The Morgan fingerprint density at radius 3 is 2.38 bits per heavy atom. The predicted molar refractivity (Wildman–Crippen MR) is 66.3 cm³/mol. The monoisotopic (exact) mass is 230 g/mol. The molecule has 16 heavy (non-hydrogen) atoms. The molecule has 0 saturated heterocycles. The Bertz CT molecular complexity index is 195. The van der Waals surface area contributed by atoms with Gasteiger partial charge in [0, 0.05) is 19.2 Å². The Labute approximate surface area is 98.8 Å². The number of aliphatic hydroxyl groups is 1. The van der Waals surface area contributed by atoms with E-state index in [0.717, 1.165) is 12.8 Å². The first kappa shape index (κ1) is 15.2. The van der Waals surface area contributed by atoms with Crippen molar-refractivity contribution in [3.8, 4) is 0 Å². The maximum absolute atomic E-state index is 11.5. The van der Waals surface area contributed by atoms with Crippen molar-refractivity contribution >= 4 is 6.03 Å². The second-order valence-electron chi connectivity index (χ2n) is 4.67. The lowest BCUT2D eigenvalue weighted by Gasteiger charge is -2.19. The molecule has 0 radical (unpaired) electrons. The second kappa shape index (κ2) is 8.39. The van der Waals surface area contributed by atoms with E-state index in [1.54, 1.807) is 0 Å². The third kappa shape index (κ3) is 6.67. The van der Waals surface area contributed by atoms with E-state index in [4.69, 9.17) is 5.11 Å². The molecule has 4 nitrogen and oxygen atoms in total. The number of amides is 2. The molecular weight excluding hydrogens is 204 g/mol. The normalized spacial score (nSPS) is 14.6. The summed E-state index contributed by atoms with van der Waals surface area (Å²) in [6, 6.07) is 0.0653. The molecule has 0 aliphatic rings. The maximum atomic E-state index is 11.5. The average molecular weight is 230 g/mol. The van der Waals surface area contributed by atoms with Crippen molar-refractivity contribution in [2.45, 2.75) is 46.6 Å². The number of nitrogens with one attached hydrogen (secondary N) is 2. The van der Waals surface area contributed by atoms with Crippen LogP contribution in [0.4, 0.5) is 4.79 Å². The van der Waals surface area contributed by atoms with Gasteiger partial charge >= 0.3 is 6.03 Å². The third-order valence-electron chi connectivity index (χ3n) is 3.02. The lowest BCUT2D eigenvalue weighted by molar-refractivity contribution is 0.225. The van der Waals surface area contributed by atoms with Gasteiger partial charge < -0.3 is 15.7 Å². The van der Waals surface area contributed by atoms with E-state index in [2.05, 4.69) is 31.4 Å². The van der Waals surface area contributed by atoms with Crippen LogP contribution >= 0.6 is 0 Å². The van der Waals surface area contributed by atoms with E-state index in [1.165, 1.54) is 0 Å². The summed E-state index contributed by atoms with van der Waals surface area (Å²) in [4.78, 5) is 11.5. The molecule has 0 rings (SSSR count). The number of hydrogen-bond donors (Lipinski definition) is 3. The highest BCUT2D eigenvalue weighted by molar-refractivity contribution is 5.74. The highest BCUT2D eigenvalue weighted by atomic mass is 16.3. The van der Waals surface area contributed by atoms with Gasteiger partial charge in [0.1, 0.15) is 0 Å². The minimum atomic E-state index is -0.113. The predicted octanol–water partition coefficient (Wildman–Crippen LogP) is 1.74. The van der Waals surface area contributed by atoms with E-state index in [0.29, 0.717) is 18.4 Å². The fourth-order valence-electron chi connectivity index (χ4n) is 1.29. The maximum Gasteiger partial charge on any atom is 0.315 e. The van der Waals surface area contributed by atoms with Gasteiger partial charge in [0.2, 0.25) is 0 Å². The molecule has 96 valence electrons. The van der Waals surface area contributed by atoms with Gasteiger partial charge in [-0.3, -0.25) is 0 Å². The molecule has 0 aliphatic carbocycles. The lowest BCUT2D eigenvalue weighted by atomic mass is 10.0. The van der Waals surface area contributed by atoms with Crippen molar-refractivity contribution < 1.29 is 9.90 Å². The molecule has 2 atom stereocenters.